The zero-order valence-electron chi connectivity index (χ0n) is 31.1. The number of benzene rings is 2. The summed E-state index contributed by atoms with van der Waals surface area (Å²) in [5.74, 6) is -1.04. The molecule has 53 heavy (non-hydrogen) atoms. The molecule has 2 aromatic carbocycles. The second-order valence-corrected chi connectivity index (χ2v) is 14.6. The van der Waals surface area contributed by atoms with Crippen LogP contribution < -0.4 is 16.4 Å². The van der Waals surface area contributed by atoms with Gasteiger partial charge in [-0.05, 0) is 73.6 Å². The van der Waals surface area contributed by atoms with Gasteiger partial charge in [-0.1, -0.05) is 46.2 Å². The Bertz CT molecular complexity index is 2290. The number of fused-ring (bicyclic) bond motifs is 1. The van der Waals surface area contributed by atoms with Crippen LogP contribution in [0, 0.1) is 5.82 Å². The minimum Gasteiger partial charge on any atom is -0.461 e. The molecule has 5 aromatic rings. The van der Waals surface area contributed by atoms with Gasteiger partial charge < -0.3 is 15.2 Å². The molecule has 1 unspecified atom stereocenters. The molecule has 3 aromatic heterocycles. The third kappa shape index (κ3) is 8.91. The molecule has 0 saturated carbocycles. The summed E-state index contributed by atoms with van der Waals surface area (Å²) in [6.07, 6.45) is 5.71. The van der Waals surface area contributed by atoms with E-state index in [4.69, 9.17) is 4.74 Å². The summed E-state index contributed by atoms with van der Waals surface area (Å²) in [6, 6.07) is 12.8. The number of ether oxygens (including phenoxy) is 1. The number of aromatic nitrogens is 5. The van der Waals surface area contributed by atoms with Gasteiger partial charge in [-0.25, -0.2) is 14.1 Å². The van der Waals surface area contributed by atoms with Gasteiger partial charge >= 0.3 is 5.97 Å². The fourth-order valence-electron chi connectivity index (χ4n) is 6.22. The minimum absolute atomic E-state index is 0.101. The van der Waals surface area contributed by atoms with Crippen molar-refractivity contribution < 1.29 is 23.8 Å². The van der Waals surface area contributed by atoms with Crippen molar-refractivity contribution >= 4 is 34.0 Å². The van der Waals surface area contributed by atoms with E-state index in [0.717, 1.165) is 15.8 Å². The molecule has 0 aliphatic rings. The molecule has 0 amide bonds. The molecular formula is C40H45FN6O6. The molecule has 12 nitrogen and oxygen atoms in total. The van der Waals surface area contributed by atoms with E-state index in [0.29, 0.717) is 58.4 Å². The van der Waals surface area contributed by atoms with Crippen LogP contribution in [0.1, 0.15) is 95.1 Å². The molecule has 0 fully saturated rings. The van der Waals surface area contributed by atoms with Crippen molar-refractivity contribution in [2.45, 2.75) is 91.3 Å². The highest BCUT2D eigenvalue weighted by atomic mass is 19.1. The monoisotopic (exact) mass is 724 g/mol. The van der Waals surface area contributed by atoms with Crippen molar-refractivity contribution in [1.82, 2.24) is 24.5 Å². The summed E-state index contributed by atoms with van der Waals surface area (Å²) < 4.78 is 23.1. The van der Waals surface area contributed by atoms with Gasteiger partial charge in [0.05, 0.1) is 28.6 Å². The zero-order chi connectivity index (χ0) is 38.7. The first-order valence-electron chi connectivity index (χ1n) is 17.5. The number of rotatable bonds is 13. The van der Waals surface area contributed by atoms with Gasteiger partial charge in [-0.3, -0.25) is 19.2 Å². The van der Waals surface area contributed by atoms with E-state index in [1.807, 2.05) is 27.7 Å². The molecule has 0 radical (unpaired) electrons. The Morgan fingerprint density at radius 3 is 2.42 bits per heavy atom. The Balaban J connectivity index is 1.49. The number of halogens is 1. The van der Waals surface area contributed by atoms with Crippen molar-refractivity contribution in [2.75, 3.05) is 5.32 Å². The summed E-state index contributed by atoms with van der Waals surface area (Å²) in [5.41, 5.74) is 0.200. The number of hydrogen-bond donors (Lipinski definition) is 2. The van der Waals surface area contributed by atoms with Gasteiger partial charge in [-0.2, -0.15) is 14.9 Å². The number of nitrogens with zero attached hydrogens (tertiary/aromatic N) is 5. The summed E-state index contributed by atoms with van der Waals surface area (Å²) in [6.45, 7) is 10.6. The predicted molar refractivity (Wildman–Crippen MR) is 201 cm³/mol. The second kappa shape index (κ2) is 15.6. The first-order valence-corrected chi connectivity index (χ1v) is 17.5. The lowest BCUT2D eigenvalue weighted by Gasteiger charge is -2.22. The molecule has 2 N–H and O–H groups in total. The van der Waals surface area contributed by atoms with Crippen LogP contribution in [0.15, 0.2) is 70.5 Å². The normalized spacial score (nSPS) is 12.8. The molecule has 5 rings (SSSR count). The Labute approximate surface area is 306 Å². The quantitative estimate of drug-likeness (QED) is 0.0990. The topological polar surface area (TPSA) is 158 Å². The first kappa shape index (κ1) is 38.7. The van der Waals surface area contributed by atoms with E-state index >= 15 is 4.39 Å². The zero-order valence-corrected chi connectivity index (χ0v) is 31.1. The Morgan fingerprint density at radius 1 is 1.00 bits per heavy atom. The van der Waals surface area contributed by atoms with Crippen molar-refractivity contribution in [3.8, 4) is 16.9 Å². The van der Waals surface area contributed by atoms with Crippen LogP contribution in [-0.4, -0.2) is 47.0 Å². The fourth-order valence-corrected chi connectivity index (χ4v) is 6.22. The van der Waals surface area contributed by atoms with E-state index in [-0.39, 0.29) is 41.0 Å². The van der Waals surface area contributed by atoms with Crippen molar-refractivity contribution in [1.29, 1.82) is 0 Å². The average molecular weight is 725 g/mol. The molecule has 3 heterocycles. The Morgan fingerprint density at radius 2 is 1.75 bits per heavy atom. The summed E-state index contributed by atoms with van der Waals surface area (Å²) in [5, 5.41) is 22.5. The van der Waals surface area contributed by atoms with E-state index in [1.165, 1.54) is 38.5 Å². The van der Waals surface area contributed by atoms with Crippen LogP contribution in [0.25, 0.3) is 27.7 Å². The van der Waals surface area contributed by atoms with Crippen LogP contribution >= 0.6 is 0 Å². The summed E-state index contributed by atoms with van der Waals surface area (Å²) >= 11 is 0. The van der Waals surface area contributed by atoms with Crippen molar-refractivity contribution in [3.05, 3.63) is 104 Å². The van der Waals surface area contributed by atoms with Gasteiger partial charge in [0.25, 0.3) is 11.1 Å². The number of ketones is 1. The molecule has 0 saturated heterocycles. The van der Waals surface area contributed by atoms with E-state index < -0.39 is 28.5 Å². The number of hydrogen-bond acceptors (Lipinski definition) is 10. The highest BCUT2D eigenvalue weighted by molar-refractivity contribution is 5.96. The number of Topliss-reactive ketones (excluding diaryl/α,β-unsaturated/α-hetero) is 1. The maximum Gasteiger partial charge on any atom is 0.302 e. The lowest BCUT2D eigenvalue weighted by molar-refractivity contribution is -0.142. The van der Waals surface area contributed by atoms with Crippen LogP contribution in [0.3, 0.4) is 0 Å². The molecular weight excluding hydrogens is 679 g/mol. The van der Waals surface area contributed by atoms with Crippen LogP contribution in [0.5, 0.6) is 0 Å². The van der Waals surface area contributed by atoms with Gasteiger partial charge in [0.2, 0.25) is 0 Å². The molecule has 0 aliphatic carbocycles. The third-order valence-electron chi connectivity index (χ3n) is 9.10. The largest absolute Gasteiger partial charge is 0.461 e. The molecule has 13 heteroatoms. The molecule has 1 atom stereocenters. The van der Waals surface area contributed by atoms with Gasteiger partial charge in [0.1, 0.15) is 23.9 Å². The maximum absolute atomic E-state index is 15.5. The van der Waals surface area contributed by atoms with Gasteiger partial charge in [-0.15, -0.1) is 0 Å². The van der Waals surface area contributed by atoms with Gasteiger partial charge in [0.15, 0.2) is 5.78 Å². The summed E-state index contributed by atoms with van der Waals surface area (Å²) in [4.78, 5) is 56.2. The van der Waals surface area contributed by atoms with Gasteiger partial charge in [0, 0.05) is 48.7 Å². The number of carbonyl (C=O) groups excluding carboxylic acids is 2. The maximum atomic E-state index is 15.5. The molecule has 0 spiro atoms. The number of anilines is 2. The van der Waals surface area contributed by atoms with Crippen molar-refractivity contribution in [2.24, 2.45) is 7.05 Å². The molecule has 0 aliphatic heterocycles. The summed E-state index contributed by atoms with van der Waals surface area (Å²) in [7, 11) is 1.48. The fraction of sp³-hybridized carbons (Fsp3) is 0.375. The SMILES string of the molecule is CCCC(C)(O)CCCC(=O)c1ccc(Nc2cc(-c3cccc(-n4ncc5cc(C(C)(C)C)cc(F)c5c4=O)c3COC(C)=O)nn(C)c2=O)nc1. The van der Waals surface area contributed by atoms with Crippen molar-refractivity contribution in [3.63, 3.8) is 0 Å². The number of pyridine rings is 1. The number of esters is 1. The number of aliphatic hydroxyl groups is 1. The average Bonchev–Trinajstić information content (AvgIpc) is 3.08. The lowest BCUT2D eigenvalue weighted by Crippen LogP contribution is -2.25. The van der Waals surface area contributed by atoms with E-state index in [1.54, 1.807) is 43.3 Å². The molecule has 278 valence electrons. The standard InChI is InChI=1S/C40H45FN6O6/c1-8-16-40(6,52)17-10-13-34(49)25-14-15-35(42-21-25)44-32-20-31(45-46(7)37(32)50)28-11-9-12-33(29(28)23-53-24(2)48)47-38(51)36-26(22-43-47)18-27(19-30(36)41)39(3,4)5/h9,11-12,14-15,18-22,52H,8,10,13,16-17,23H2,1-7H3,(H,42,44). The smallest absolute Gasteiger partial charge is 0.302 e. The van der Waals surface area contributed by atoms with E-state index in [2.05, 4.69) is 20.5 Å². The number of nitrogens with one attached hydrogen (secondary N) is 1. The number of carbonyl (C=O) groups is 2. The van der Waals surface area contributed by atoms with E-state index in [9.17, 15) is 24.3 Å². The highest BCUT2D eigenvalue weighted by Crippen LogP contribution is 2.31. The van der Waals surface area contributed by atoms with Crippen LogP contribution in [0.2, 0.25) is 0 Å². The third-order valence-corrected chi connectivity index (χ3v) is 9.10. The lowest BCUT2D eigenvalue weighted by atomic mass is 9.86. The van der Waals surface area contributed by atoms with Crippen LogP contribution in [0.4, 0.5) is 15.9 Å². The number of aryl methyl sites for hydroxylation is 1. The minimum atomic E-state index is -0.805. The predicted octanol–water partition coefficient (Wildman–Crippen LogP) is 6.69. The second-order valence-electron chi connectivity index (χ2n) is 14.6. The first-order chi connectivity index (χ1) is 25.0. The Hall–Kier alpha value is -5.56. The molecule has 0 bridgehead atoms. The Kier molecular flexibility index (Phi) is 11.4. The van der Waals surface area contributed by atoms with Crippen LogP contribution in [-0.2, 0) is 28.6 Å². The highest BCUT2D eigenvalue weighted by Gasteiger charge is 2.23.